The summed E-state index contributed by atoms with van der Waals surface area (Å²) in [6, 6.07) is 11.7. The molecule has 2 aromatic rings. The van der Waals surface area contributed by atoms with Crippen LogP contribution in [0.1, 0.15) is 29.7 Å². The normalized spacial score (nSPS) is 12.4. The van der Waals surface area contributed by atoms with E-state index >= 15 is 0 Å². The summed E-state index contributed by atoms with van der Waals surface area (Å²) in [6.07, 6.45) is 0.645. The molecule has 0 fully saturated rings. The molecule has 0 bridgehead atoms. The molecule has 0 radical (unpaired) electrons. The highest BCUT2D eigenvalue weighted by Crippen LogP contribution is 2.27. The van der Waals surface area contributed by atoms with Crippen LogP contribution in [0.5, 0.6) is 0 Å². The number of nitrogens with one attached hydrogen (secondary N) is 1. The molecule has 0 heterocycles. The number of halogens is 3. The quantitative estimate of drug-likeness (QED) is 0.588. The Morgan fingerprint density at radius 2 is 2.05 bits per heavy atom. The van der Waals surface area contributed by atoms with Gasteiger partial charge in [-0.25, -0.2) is 4.39 Å². The van der Waals surface area contributed by atoms with E-state index in [1.165, 1.54) is 20.8 Å². The zero-order chi connectivity index (χ0) is 15.4. The SMILES string of the molecule is CCNC(Cc1ccc(Br)cc1F)c1cccc(C)c1I. The Hall–Kier alpha value is -0.460. The fourth-order valence-electron chi connectivity index (χ4n) is 2.38. The smallest absolute Gasteiger partial charge is 0.127 e. The van der Waals surface area contributed by atoms with E-state index in [2.05, 4.69) is 75.9 Å². The summed E-state index contributed by atoms with van der Waals surface area (Å²) in [5.41, 5.74) is 3.23. The van der Waals surface area contributed by atoms with Gasteiger partial charge in [-0.2, -0.15) is 0 Å². The molecule has 112 valence electrons. The van der Waals surface area contributed by atoms with Crippen molar-refractivity contribution in [2.45, 2.75) is 26.3 Å². The van der Waals surface area contributed by atoms with Gasteiger partial charge >= 0.3 is 0 Å². The van der Waals surface area contributed by atoms with Gasteiger partial charge in [-0.05, 0) is 71.3 Å². The molecule has 0 aromatic heterocycles. The third-order valence-electron chi connectivity index (χ3n) is 3.49. The second-order valence-electron chi connectivity index (χ2n) is 5.03. The number of hydrogen-bond donors (Lipinski definition) is 1. The Kier molecular flexibility index (Phi) is 6.20. The highest BCUT2D eigenvalue weighted by Gasteiger charge is 2.17. The van der Waals surface area contributed by atoms with Crippen molar-refractivity contribution in [3.8, 4) is 0 Å². The Labute approximate surface area is 147 Å². The van der Waals surface area contributed by atoms with Crippen molar-refractivity contribution in [1.29, 1.82) is 0 Å². The fourth-order valence-corrected chi connectivity index (χ4v) is 3.45. The minimum absolute atomic E-state index is 0.123. The minimum Gasteiger partial charge on any atom is -0.310 e. The summed E-state index contributed by atoms with van der Waals surface area (Å²) in [6.45, 7) is 5.04. The number of rotatable bonds is 5. The van der Waals surface area contributed by atoms with E-state index in [9.17, 15) is 4.39 Å². The molecule has 1 atom stereocenters. The Bertz CT molecular complexity index is 630. The molecule has 1 nitrogen and oxygen atoms in total. The van der Waals surface area contributed by atoms with Crippen LogP contribution in [0.25, 0.3) is 0 Å². The predicted octanol–water partition coefficient (Wildman–Crippen LogP) is 5.39. The maximum Gasteiger partial charge on any atom is 0.127 e. The van der Waals surface area contributed by atoms with Crippen LogP contribution in [0.3, 0.4) is 0 Å². The first kappa shape index (κ1) is 16.9. The van der Waals surface area contributed by atoms with E-state index in [1.807, 2.05) is 12.1 Å². The summed E-state index contributed by atoms with van der Waals surface area (Å²) in [5.74, 6) is -0.157. The monoisotopic (exact) mass is 461 g/mol. The van der Waals surface area contributed by atoms with E-state index in [-0.39, 0.29) is 11.9 Å². The fraction of sp³-hybridized carbons (Fsp3) is 0.294. The van der Waals surface area contributed by atoms with Crippen molar-refractivity contribution < 1.29 is 4.39 Å². The second kappa shape index (κ2) is 7.70. The lowest BCUT2D eigenvalue weighted by Crippen LogP contribution is -2.24. The van der Waals surface area contributed by atoms with Crippen LogP contribution < -0.4 is 5.32 Å². The molecule has 0 saturated carbocycles. The maximum absolute atomic E-state index is 14.1. The van der Waals surface area contributed by atoms with Crippen molar-refractivity contribution in [3.63, 3.8) is 0 Å². The first-order chi connectivity index (χ1) is 10.0. The zero-order valence-corrected chi connectivity index (χ0v) is 15.8. The molecule has 0 aliphatic rings. The predicted molar refractivity (Wildman–Crippen MR) is 98.1 cm³/mol. The maximum atomic E-state index is 14.1. The minimum atomic E-state index is -0.157. The molecule has 0 aliphatic carbocycles. The molecule has 2 rings (SSSR count). The van der Waals surface area contributed by atoms with E-state index in [1.54, 1.807) is 0 Å². The number of benzene rings is 2. The highest BCUT2D eigenvalue weighted by molar-refractivity contribution is 14.1. The Morgan fingerprint density at radius 1 is 1.29 bits per heavy atom. The van der Waals surface area contributed by atoms with Gasteiger partial charge in [-0.3, -0.25) is 0 Å². The molecule has 0 amide bonds. The molecule has 21 heavy (non-hydrogen) atoms. The third-order valence-corrected chi connectivity index (χ3v) is 5.45. The number of aryl methyl sites for hydroxylation is 1. The van der Waals surface area contributed by atoms with Gasteiger partial charge < -0.3 is 5.32 Å². The number of hydrogen-bond acceptors (Lipinski definition) is 1. The molecule has 0 spiro atoms. The lowest BCUT2D eigenvalue weighted by Gasteiger charge is -2.21. The lowest BCUT2D eigenvalue weighted by molar-refractivity contribution is 0.526. The molecule has 1 N–H and O–H groups in total. The first-order valence-electron chi connectivity index (χ1n) is 6.95. The summed E-state index contributed by atoms with van der Waals surface area (Å²) in [5, 5.41) is 3.47. The largest absolute Gasteiger partial charge is 0.310 e. The average molecular weight is 462 g/mol. The Morgan fingerprint density at radius 3 is 2.71 bits per heavy atom. The van der Waals surface area contributed by atoms with Gasteiger partial charge in [0.25, 0.3) is 0 Å². The van der Waals surface area contributed by atoms with Crippen molar-refractivity contribution in [2.24, 2.45) is 0 Å². The van der Waals surface area contributed by atoms with Crippen molar-refractivity contribution in [1.82, 2.24) is 5.32 Å². The summed E-state index contributed by atoms with van der Waals surface area (Å²) in [7, 11) is 0. The van der Waals surface area contributed by atoms with Crippen LogP contribution in [0, 0.1) is 16.3 Å². The summed E-state index contributed by atoms with van der Waals surface area (Å²) < 4.78 is 16.1. The van der Waals surface area contributed by atoms with Crippen LogP contribution >= 0.6 is 38.5 Å². The number of likely N-dealkylation sites (N-methyl/N-ethyl adjacent to an activating group) is 1. The molecular formula is C17H18BrFIN. The molecule has 2 aromatic carbocycles. The third kappa shape index (κ3) is 4.27. The van der Waals surface area contributed by atoms with E-state index < -0.39 is 0 Å². The van der Waals surface area contributed by atoms with Crippen molar-refractivity contribution >= 4 is 38.5 Å². The van der Waals surface area contributed by atoms with E-state index in [4.69, 9.17) is 0 Å². The standard InChI is InChI=1S/C17H18BrFIN/c1-3-21-16(14-6-4-5-11(2)17(14)20)9-12-7-8-13(18)10-15(12)19/h4-8,10,16,21H,3,9H2,1-2H3. The molecular weight excluding hydrogens is 444 g/mol. The van der Waals surface area contributed by atoms with Crippen LogP contribution in [0.15, 0.2) is 40.9 Å². The van der Waals surface area contributed by atoms with Crippen LogP contribution in [0.4, 0.5) is 4.39 Å². The van der Waals surface area contributed by atoms with Gasteiger partial charge in [-0.1, -0.05) is 47.1 Å². The Balaban J connectivity index is 2.33. The zero-order valence-electron chi connectivity index (χ0n) is 12.1. The van der Waals surface area contributed by atoms with Crippen LogP contribution in [0.2, 0.25) is 0 Å². The van der Waals surface area contributed by atoms with E-state index in [0.717, 1.165) is 16.6 Å². The molecule has 1 unspecified atom stereocenters. The van der Waals surface area contributed by atoms with Gasteiger partial charge in [0.2, 0.25) is 0 Å². The van der Waals surface area contributed by atoms with E-state index in [0.29, 0.717) is 6.42 Å². The summed E-state index contributed by atoms with van der Waals surface area (Å²) in [4.78, 5) is 0. The topological polar surface area (TPSA) is 12.0 Å². The van der Waals surface area contributed by atoms with Crippen LogP contribution in [-0.2, 0) is 6.42 Å². The van der Waals surface area contributed by atoms with Gasteiger partial charge in [0.15, 0.2) is 0 Å². The molecule has 0 aliphatic heterocycles. The first-order valence-corrected chi connectivity index (χ1v) is 8.82. The molecule has 0 saturated heterocycles. The van der Waals surface area contributed by atoms with Crippen molar-refractivity contribution in [2.75, 3.05) is 6.54 Å². The second-order valence-corrected chi connectivity index (χ2v) is 7.02. The lowest BCUT2D eigenvalue weighted by atomic mass is 9.97. The summed E-state index contributed by atoms with van der Waals surface area (Å²) >= 11 is 5.68. The van der Waals surface area contributed by atoms with Gasteiger partial charge in [0.1, 0.15) is 5.82 Å². The van der Waals surface area contributed by atoms with Gasteiger partial charge in [0, 0.05) is 14.1 Å². The molecule has 4 heteroatoms. The van der Waals surface area contributed by atoms with Gasteiger partial charge in [0.05, 0.1) is 0 Å². The van der Waals surface area contributed by atoms with Gasteiger partial charge in [-0.15, -0.1) is 0 Å². The average Bonchev–Trinajstić information content (AvgIpc) is 2.44. The van der Waals surface area contributed by atoms with Crippen LogP contribution in [-0.4, -0.2) is 6.54 Å². The highest BCUT2D eigenvalue weighted by atomic mass is 127. The van der Waals surface area contributed by atoms with Crippen molar-refractivity contribution in [3.05, 3.63) is 66.9 Å².